The van der Waals surface area contributed by atoms with Crippen LogP contribution >= 0.6 is 0 Å². The summed E-state index contributed by atoms with van der Waals surface area (Å²) in [5, 5.41) is 0. The molecule has 0 unspecified atom stereocenters. The molecule has 1 heterocycles. The number of Topliss-reactive ketones (excluding diaryl/α,β-unsaturated/α-hetero) is 1. The van der Waals surface area contributed by atoms with Gasteiger partial charge in [0.1, 0.15) is 11.5 Å². The minimum atomic E-state index is -0.491. The Labute approximate surface area is 140 Å². The van der Waals surface area contributed by atoms with Crippen molar-refractivity contribution < 1.29 is 19.1 Å². The van der Waals surface area contributed by atoms with Crippen LogP contribution in [0.25, 0.3) is 6.08 Å². The number of nitrogens with zero attached hydrogens (tertiary/aromatic N) is 1. The second-order valence-electron chi connectivity index (χ2n) is 5.72. The molecule has 0 spiro atoms. The maximum Gasteiger partial charge on any atom is 0.414 e. The van der Waals surface area contributed by atoms with Crippen molar-refractivity contribution in [3.63, 3.8) is 0 Å². The van der Waals surface area contributed by atoms with Crippen LogP contribution in [-0.4, -0.2) is 30.9 Å². The van der Waals surface area contributed by atoms with Gasteiger partial charge in [0.15, 0.2) is 5.76 Å². The molecule has 5 heteroatoms. The number of benzene rings is 2. The van der Waals surface area contributed by atoms with Crippen LogP contribution in [0.3, 0.4) is 0 Å². The van der Waals surface area contributed by atoms with E-state index in [2.05, 4.69) is 0 Å². The van der Waals surface area contributed by atoms with E-state index in [1.165, 1.54) is 4.90 Å². The Kier molecular flexibility index (Phi) is 4.08. The van der Waals surface area contributed by atoms with E-state index >= 15 is 0 Å². The Bertz CT molecular complexity index is 852. The Morgan fingerprint density at radius 1 is 1.17 bits per heavy atom. The van der Waals surface area contributed by atoms with Crippen molar-refractivity contribution >= 4 is 18.0 Å². The molecule has 1 amide bonds. The second kappa shape index (κ2) is 6.20. The predicted molar refractivity (Wildman–Crippen MR) is 90.3 cm³/mol. The molecule has 3 rings (SSSR count). The summed E-state index contributed by atoms with van der Waals surface area (Å²) in [4.78, 5) is 25.4. The van der Waals surface area contributed by atoms with E-state index in [4.69, 9.17) is 9.47 Å². The highest BCUT2D eigenvalue weighted by atomic mass is 16.6. The molecule has 0 bridgehead atoms. The molecule has 0 radical (unpaired) electrons. The van der Waals surface area contributed by atoms with Crippen molar-refractivity contribution in [3.8, 4) is 11.5 Å². The molecule has 24 heavy (non-hydrogen) atoms. The normalized spacial score (nSPS) is 14.3. The third kappa shape index (κ3) is 3.01. The number of ether oxygens (including phenoxy) is 2. The Hall–Kier alpha value is -3.08. The third-order valence-corrected chi connectivity index (χ3v) is 3.69. The van der Waals surface area contributed by atoms with Crippen LogP contribution in [-0.2, 0) is 0 Å². The number of ketones is 1. The first-order chi connectivity index (χ1) is 11.5. The maximum absolute atomic E-state index is 12.4. The zero-order valence-corrected chi connectivity index (χ0v) is 13.7. The van der Waals surface area contributed by atoms with Crippen LogP contribution in [0.5, 0.6) is 11.5 Å². The molecular formula is C19H17NO4. The molecule has 2 aromatic carbocycles. The first-order valence-corrected chi connectivity index (χ1v) is 7.49. The number of hydrogen-bond donors (Lipinski definition) is 0. The van der Waals surface area contributed by atoms with E-state index in [1.54, 1.807) is 38.4 Å². The Morgan fingerprint density at radius 3 is 2.62 bits per heavy atom. The van der Waals surface area contributed by atoms with Crippen LogP contribution in [0.1, 0.15) is 21.5 Å². The number of carbonyl (C=O) groups is 2. The number of aryl methyl sites for hydroxylation is 1. The summed E-state index contributed by atoms with van der Waals surface area (Å²) in [7, 11) is 3.19. The van der Waals surface area contributed by atoms with Crippen molar-refractivity contribution in [1.29, 1.82) is 0 Å². The minimum Gasteiger partial charge on any atom is -0.452 e. The van der Waals surface area contributed by atoms with E-state index in [1.807, 2.05) is 31.2 Å². The summed E-state index contributed by atoms with van der Waals surface area (Å²) < 4.78 is 10.9. The van der Waals surface area contributed by atoms with Crippen molar-refractivity contribution in [2.75, 3.05) is 14.1 Å². The number of hydrogen-bond acceptors (Lipinski definition) is 4. The Balaban J connectivity index is 1.88. The molecule has 0 saturated carbocycles. The molecule has 1 aliphatic heterocycles. The number of carbonyl (C=O) groups excluding carboxylic acids is 2. The lowest BCUT2D eigenvalue weighted by Gasteiger charge is -2.10. The molecule has 0 saturated heterocycles. The van der Waals surface area contributed by atoms with Gasteiger partial charge in [-0.25, -0.2) is 4.79 Å². The van der Waals surface area contributed by atoms with E-state index in [0.29, 0.717) is 17.1 Å². The van der Waals surface area contributed by atoms with Gasteiger partial charge >= 0.3 is 6.09 Å². The van der Waals surface area contributed by atoms with Crippen LogP contribution in [0.4, 0.5) is 4.79 Å². The van der Waals surface area contributed by atoms with Crippen LogP contribution in [0.15, 0.2) is 48.2 Å². The van der Waals surface area contributed by atoms with E-state index in [0.717, 1.165) is 11.1 Å². The number of allylic oxidation sites excluding steroid dienone is 1. The maximum atomic E-state index is 12.4. The van der Waals surface area contributed by atoms with E-state index < -0.39 is 6.09 Å². The summed E-state index contributed by atoms with van der Waals surface area (Å²) >= 11 is 0. The highest BCUT2D eigenvalue weighted by Crippen LogP contribution is 2.35. The lowest BCUT2D eigenvalue weighted by molar-refractivity contribution is 0.101. The summed E-state index contributed by atoms with van der Waals surface area (Å²) in [6.07, 6.45) is 1.23. The molecule has 0 aromatic heterocycles. The third-order valence-electron chi connectivity index (χ3n) is 3.69. The first-order valence-electron chi connectivity index (χ1n) is 7.49. The number of fused-ring (bicyclic) bond motifs is 1. The quantitative estimate of drug-likeness (QED) is 0.791. The molecule has 1 aliphatic rings. The zero-order valence-electron chi connectivity index (χ0n) is 13.7. The topological polar surface area (TPSA) is 55.8 Å². The minimum absolute atomic E-state index is 0.182. The molecule has 0 atom stereocenters. The monoisotopic (exact) mass is 323 g/mol. The summed E-state index contributed by atoms with van der Waals surface area (Å²) in [5.41, 5.74) is 2.44. The van der Waals surface area contributed by atoms with Gasteiger partial charge in [0.05, 0.1) is 5.56 Å². The lowest BCUT2D eigenvalue weighted by Crippen LogP contribution is -2.25. The first kappa shape index (κ1) is 15.8. The van der Waals surface area contributed by atoms with Gasteiger partial charge in [-0.05, 0) is 36.3 Å². The van der Waals surface area contributed by atoms with Crippen molar-refractivity contribution in [2.45, 2.75) is 6.92 Å². The summed E-state index contributed by atoms with van der Waals surface area (Å²) in [6.45, 7) is 1.97. The fraction of sp³-hybridized carbons (Fsp3) is 0.158. The van der Waals surface area contributed by atoms with Crippen LogP contribution < -0.4 is 9.47 Å². The van der Waals surface area contributed by atoms with Crippen molar-refractivity contribution in [2.24, 2.45) is 0 Å². The molecular weight excluding hydrogens is 306 g/mol. The Morgan fingerprint density at radius 2 is 1.92 bits per heavy atom. The van der Waals surface area contributed by atoms with Crippen LogP contribution in [0.2, 0.25) is 0 Å². The van der Waals surface area contributed by atoms with Gasteiger partial charge in [-0.2, -0.15) is 0 Å². The highest BCUT2D eigenvalue weighted by molar-refractivity contribution is 6.14. The van der Waals surface area contributed by atoms with Crippen molar-refractivity contribution in [1.82, 2.24) is 4.90 Å². The van der Waals surface area contributed by atoms with Crippen molar-refractivity contribution in [3.05, 3.63) is 64.9 Å². The number of rotatable bonds is 2. The van der Waals surface area contributed by atoms with E-state index in [-0.39, 0.29) is 11.5 Å². The molecule has 2 aromatic rings. The van der Waals surface area contributed by atoms with Gasteiger partial charge in [0.25, 0.3) is 0 Å². The largest absolute Gasteiger partial charge is 0.452 e. The standard InChI is InChI=1S/C19H17NO4/c1-12-6-4-5-7-13(12)10-17-18(21)15-9-8-14(11-16(15)24-17)23-19(22)20(2)3/h4-11H,1-3H3. The SMILES string of the molecule is Cc1ccccc1C=C1Oc2cc(OC(=O)N(C)C)ccc2C1=O. The van der Waals surface area contributed by atoms with Gasteiger partial charge in [0, 0.05) is 20.2 Å². The highest BCUT2D eigenvalue weighted by Gasteiger charge is 2.28. The predicted octanol–water partition coefficient (Wildman–Crippen LogP) is 3.67. The smallest absolute Gasteiger partial charge is 0.414 e. The van der Waals surface area contributed by atoms with Gasteiger partial charge in [0.2, 0.25) is 5.78 Å². The van der Waals surface area contributed by atoms with Gasteiger partial charge in [-0.3, -0.25) is 4.79 Å². The van der Waals surface area contributed by atoms with Crippen LogP contribution in [0, 0.1) is 6.92 Å². The van der Waals surface area contributed by atoms with Gasteiger partial charge in [-0.15, -0.1) is 0 Å². The molecule has 0 fully saturated rings. The van der Waals surface area contributed by atoms with Gasteiger partial charge < -0.3 is 14.4 Å². The van der Waals surface area contributed by atoms with Gasteiger partial charge in [-0.1, -0.05) is 24.3 Å². The molecule has 122 valence electrons. The lowest BCUT2D eigenvalue weighted by atomic mass is 10.1. The number of amides is 1. The molecule has 5 nitrogen and oxygen atoms in total. The fourth-order valence-corrected chi connectivity index (χ4v) is 2.31. The average Bonchev–Trinajstić information content (AvgIpc) is 2.85. The summed E-state index contributed by atoms with van der Waals surface area (Å²) in [6, 6.07) is 12.5. The molecule has 0 aliphatic carbocycles. The summed E-state index contributed by atoms with van der Waals surface area (Å²) in [5.74, 6) is 0.801. The molecule has 0 N–H and O–H groups in total. The average molecular weight is 323 g/mol. The zero-order chi connectivity index (χ0) is 17.3. The van der Waals surface area contributed by atoms with E-state index in [9.17, 15) is 9.59 Å². The second-order valence-corrected chi connectivity index (χ2v) is 5.72. The fourth-order valence-electron chi connectivity index (χ4n) is 2.31.